The van der Waals surface area contributed by atoms with Gasteiger partial charge < -0.3 is 5.11 Å². The molecule has 4 saturated carbocycles. The van der Waals surface area contributed by atoms with Crippen LogP contribution in [0.1, 0.15) is 105 Å². The highest BCUT2D eigenvalue weighted by Crippen LogP contribution is 2.68. The fraction of sp³-hybridized carbons (Fsp3) is 1.00. The van der Waals surface area contributed by atoms with Crippen LogP contribution < -0.4 is 0 Å². The van der Waals surface area contributed by atoms with E-state index in [4.69, 9.17) is 0 Å². The monoisotopic (exact) mass is 360 g/mol. The van der Waals surface area contributed by atoms with Crippen molar-refractivity contribution in [1.82, 2.24) is 0 Å². The lowest BCUT2D eigenvalue weighted by atomic mass is 9.44. The van der Waals surface area contributed by atoms with Gasteiger partial charge in [-0.3, -0.25) is 0 Å². The Bertz CT molecular complexity index is 500. The summed E-state index contributed by atoms with van der Waals surface area (Å²) in [5, 5.41) is 10.2. The van der Waals surface area contributed by atoms with Crippen molar-refractivity contribution in [2.24, 2.45) is 46.3 Å². The van der Waals surface area contributed by atoms with Gasteiger partial charge in [0.25, 0.3) is 0 Å². The second kappa shape index (κ2) is 7.09. The average Bonchev–Trinajstić information content (AvgIpc) is 2.97. The molecule has 0 radical (unpaired) electrons. The van der Waals surface area contributed by atoms with E-state index < -0.39 is 0 Å². The second-order valence-electron chi connectivity index (χ2n) is 11.4. The summed E-state index contributed by atoms with van der Waals surface area (Å²) in [6, 6.07) is 0. The van der Waals surface area contributed by atoms with Gasteiger partial charge in [0.15, 0.2) is 0 Å². The van der Waals surface area contributed by atoms with Crippen LogP contribution in [0.2, 0.25) is 0 Å². The van der Waals surface area contributed by atoms with Gasteiger partial charge in [0.05, 0.1) is 6.10 Å². The molecule has 0 bridgehead atoms. The summed E-state index contributed by atoms with van der Waals surface area (Å²) < 4.78 is 0. The maximum absolute atomic E-state index is 10.2. The molecule has 0 heterocycles. The minimum Gasteiger partial charge on any atom is -0.393 e. The summed E-state index contributed by atoms with van der Waals surface area (Å²) in [5.74, 6) is 5.67. The molecule has 26 heavy (non-hydrogen) atoms. The van der Waals surface area contributed by atoms with E-state index >= 15 is 0 Å². The number of rotatable bonds is 4. The van der Waals surface area contributed by atoms with E-state index in [1.54, 1.807) is 0 Å². The second-order valence-corrected chi connectivity index (χ2v) is 11.4. The van der Waals surface area contributed by atoms with Crippen LogP contribution >= 0.6 is 0 Å². The summed E-state index contributed by atoms with van der Waals surface area (Å²) in [5.41, 5.74) is 1.17. The van der Waals surface area contributed by atoms with Crippen molar-refractivity contribution < 1.29 is 5.11 Å². The van der Waals surface area contributed by atoms with Gasteiger partial charge in [-0.15, -0.1) is 0 Å². The summed E-state index contributed by atoms with van der Waals surface area (Å²) >= 11 is 0. The Morgan fingerprint density at radius 1 is 0.923 bits per heavy atom. The van der Waals surface area contributed by atoms with Crippen molar-refractivity contribution in [2.45, 2.75) is 111 Å². The minimum atomic E-state index is -0.00578. The molecule has 1 nitrogen and oxygen atoms in total. The average molecular weight is 361 g/mol. The van der Waals surface area contributed by atoms with Crippen molar-refractivity contribution in [2.75, 3.05) is 0 Å². The van der Waals surface area contributed by atoms with Crippen molar-refractivity contribution in [1.29, 1.82) is 0 Å². The lowest BCUT2D eigenvalue weighted by Gasteiger charge is -2.61. The van der Waals surface area contributed by atoms with Gasteiger partial charge in [-0.1, -0.05) is 47.0 Å². The molecule has 9 atom stereocenters. The molecule has 0 saturated heterocycles. The number of unbranched alkanes of at least 4 members (excludes halogenated alkanes) is 1. The molecule has 0 aromatic carbocycles. The highest BCUT2D eigenvalue weighted by molar-refractivity contribution is 5.09. The quantitative estimate of drug-likeness (QED) is 0.582. The lowest BCUT2D eigenvalue weighted by Crippen LogP contribution is -2.54. The molecule has 0 spiro atoms. The molecule has 0 aromatic rings. The number of fused-ring (bicyclic) bond motifs is 5. The van der Waals surface area contributed by atoms with E-state index in [0.29, 0.717) is 10.8 Å². The molecule has 0 aliphatic heterocycles. The van der Waals surface area contributed by atoms with E-state index in [2.05, 4.69) is 27.7 Å². The first-order valence-electron chi connectivity index (χ1n) is 12.1. The molecule has 1 N–H and O–H groups in total. The zero-order valence-corrected chi connectivity index (χ0v) is 18.0. The van der Waals surface area contributed by atoms with Gasteiger partial charge in [0.2, 0.25) is 0 Å². The minimum absolute atomic E-state index is 0.00578. The summed E-state index contributed by atoms with van der Waals surface area (Å²) in [4.78, 5) is 0. The molecule has 4 fully saturated rings. The van der Waals surface area contributed by atoms with E-state index in [1.165, 1.54) is 64.2 Å². The van der Waals surface area contributed by atoms with Crippen LogP contribution in [-0.4, -0.2) is 11.2 Å². The molecule has 4 rings (SSSR count). The van der Waals surface area contributed by atoms with Crippen molar-refractivity contribution >= 4 is 0 Å². The maximum Gasteiger partial charge on any atom is 0.0543 e. The van der Waals surface area contributed by atoms with E-state index in [9.17, 15) is 5.11 Å². The standard InChI is InChI=1S/C25H44O/c1-5-6-7-17(2)21-10-11-22-20-9-8-18-16-19(26)12-14-24(18,3)23(20)13-15-25(21,22)4/h17-23,26H,5-16H2,1-4H3/t17-,18+,19+,20?,21-,22?,23?,24+,25-/m1/s1. The summed E-state index contributed by atoms with van der Waals surface area (Å²) in [6.45, 7) is 10.2. The highest BCUT2D eigenvalue weighted by atomic mass is 16.3. The molecule has 4 aliphatic carbocycles. The zero-order valence-electron chi connectivity index (χ0n) is 18.0. The number of hydrogen-bond donors (Lipinski definition) is 1. The highest BCUT2D eigenvalue weighted by Gasteiger charge is 2.60. The van der Waals surface area contributed by atoms with Gasteiger partial charge in [0, 0.05) is 0 Å². The SMILES string of the molecule is CCCC[C@@H](C)[C@H]1CCC2C3CC[C@H]4C[C@@H](O)CC[C@]4(C)C3CC[C@@]21C. The Hall–Kier alpha value is -0.0400. The molecule has 4 aliphatic rings. The van der Waals surface area contributed by atoms with Crippen LogP contribution in [0.3, 0.4) is 0 Å². The third-order valence-electron chi connectivity index (χ3n) is 10.4. The Morgan fingerprint density at radius 2 is 1.65 bits per heavy atom. The Kier molecular flexibility index (Phi) is 5.26. The molecular weight excluding hydrogens is 316 g/mol. The van der Waals surface area contributed by atoms with Crippen molar-refractivity contribution in [3.63, 3.8) is 0 Å². The molecule has 150 valence electrons. The lowest BCUT2D eigenvalue weighted by molar-refractivity contribution is -0.129. The topological polar surface area (TPSA) is 20.2 Å². The number of hydrogen-bond acceptors (Lipinski definition) is 1. The molecule has 3 unspecified atom stereocenters. The van der Waals surface area contributed by atoms with Gasteiger partial charge in [0.1, 0.15) is 0 Å². The van der Waals surface area contributed by atoms with Gasteiger partial charge in [-0.2, -0.15) is 0 Å². The fourth-order valence-corrected chi connectivity index (χ4v) is 8.94. The first-order valence-corrected chi connectivity index (χ1v) is 12.1. The third kappa shape index (κ3) is 2.90. The normalized spacial score (nSPS) is 52.0. The Morgan fingerprint density at radius 3 is 2.42 bits per heavy atom. The molecule has 0 amide bonds. The van der Waals surface area contributed by atoms with Gasteiger partial charge in [-0.25, -0.2) is 0 Å². The number of aliphatic hydroxyl groups is 1. The maximum atomic E-state index is 10.2. The zero-order chi connectivity index (χ0) is 18.5. The van der Waals surface area contributed by atoms with E-state index in [0.717, 1.165) is 48.3 Å². The van der Waals surface area contributed by atoms with Gasteiger partial charge in [-0.05, 0) is 104 Å². The van der Waals surface area contributed by atoms with E-state index in [1.807, 2.05) is 0 Å². The van der Waals surface area contributed by atoms with Crippen LogP contribution in [0.4, 0.5) is 0 Å². The van der Waals surface area contributed by atoms with Crippen LogP contribution in [0.15, 0.2) is 0 Å². The predicted octanol–water partition coefficient (Wildman–Crippen LogP) is 6.83. The largest absolute Gasteiger partial charge is 0.393 e. The van der Waals surface area contributed by atoms with Crippen LogP contribution in [0.5, 0.6) is 0 Å². The fourth-order valence-electron chi connectivity index (χ4n) is 8.94. The predicted molar refractivity (Wildman–Crippen MR) is 110 cm³/mol. The first-order chi connectivity index (χ1) is 12.4. The van der Waals surface area contributed by atoms with E-state index in [-0.39, 0.29) is 6.10 Å². The van der Waals surface area contributed by atoms with Gasteiger partial charge >= 0.3 is 0 Å². The van der Waals surface area contributed by atoms with Crippen molar-refractivity contribution in [3.05, 3.63) is 0 Å². The summed E-state index contributed by atoms with van der Waals surface area (Å²) in [6.07, 6.45) is 16.5. The molecule has 0 aromatic heterocycles. The Balaban J connectivity index is 1.52. The number of aliphatic hydroxyl groups excluding tert-OH is 1. The molecule has 1 heteroatoms. The first kappa shape index (κ1) is 19.3. The molecular formula is C25H44O. The van der Waals surface area contributed by atoms with Crippen LogP contribution in [0, 0.1) is 46.3 Å². The van der Waals surface area contributed by atoms with Crippen molar-refractivity contribution in [3.8, 4) is 0 Å². The van der Waals surface area contributed by atoms with Crippen LogP contribution in [0.25, 0.3) is 0 Å². The summed E-state index contributed by atoms with van der Waals surface area (Å²) in [7, 11) is 0. The third-order valence-corrected chi connectivity index (χ3v) is 10.4. The van der Waals surface area contributed by atoms with Crippen LogP contribution in [-0.2, 0) is 0 Å². The smallest absolute Gasteiger partial charge is 0.0543 e. The Labute approximate surface area is 162 Å².